The molecule has 0 spiro atoms. The van der Waals surface area contributed by atoms with Crippen molar-refractivity contribution in [3.8, 4) is 0 Å². The Balaban J connectivity index is 1.63. The number of hydrogen-bond donors (Lipinski definition) is 1. The summed E-state index contributed by atoms with van der Waals surface area (Å²) >= 11 is 6.17. The average Bonchev–Trinajstić information content (AvgIpc) is 3.18. The molecule has 2 heterocycles. The summed E-state index contributed by atoms with van der Waals surface area (Å²) in [6.45, 7) is 5.77. The van der Waals surface area contributed by atoms with Gasteiger partial charge in [-0.1, -0.05) is 23.7 Å². The van der Waals surface area contributed by atoms with Gasteiger partial charge < -0.3 is 14.6 Å². The molecule has 1 aromatic rings. The third-order valence-corrected chi connectivity index (χ3v) is 4.98. The molecular formula is C19H23ClN2O6. The Kier molecular flexibility index (Phi) is 5.43. The first-order valence-corrected chi connectivity index (χ1v) is 9.37. The zero-order valence-electron chi connectivity index (χ0n) is 16.0. The minimum absolute atomic E-state index is 0.0157. The van der Waals surface area contributed by atoms with E-state index in [1.807, 2.05) is 12.1 Å². The summed E-state index contributed by atoms with van der Waals surface area (Å²) < 4.78 is 10.8. The number of nitrogens with zero attached hydrogens (tertiary/aromatic N) is 2. The monoisotopic (exact) mass is 410 g/mol. The van der Waals surface area contributed by atoms with E-state index in [0.29, 0.717) is 18.1 Å². The van der Waals surface area contributed by atoms with E-state index in [2.05, 4.69) is 0 Å². The van der Waals surface area contributed by atoms with Crippen molar-refractivity contribution in [3.63, 3.8) is 0 Å². The number of benzene rings is 1. The molecule has 1 fully saturated rings. The third-order valence-electron chi connectivity index (χ3n) is 4.63. The number of carboxylic acids is 1. The predicted molar refractivity (Wildman–Crippen MR) is 99.9 cm³/mol. The van der Waals surface area contributed by atoms with Crippen LogP contribution in [0.1, 0.15) is 38.3 Å². The largest absolute Gasteiger partial charge is 0.480 e. The summed E-state index contributed by atoms with van der Waals surface area (Å²) in [5, 5.41) is 10.0. The molecule has 152 valence electrons. The second kappa shape index (κ2) is 7.50. The molecule has 0 saturated carbocycles. The molecule has 3 rings (SSSR count). The molecule has 1 aromatic carbocycles. The van der Waals surface area contributed by atoms with E-state index >= 15 is 0 Å². The van der Waals surface area contributed by atoms with Crippen LogP contribution in [0.4, 0.5) is 9.59 Å². The van der Waals surface area contributed by atoms with Gasteiger partial charge in [0.15, 0.2) is 0 Å². The van der Waals surface area contributed by atoms with Gasteiger partial charge in [-0.15, -0.1) is 0 Å². The topological polar surface area (TPSA) is 96.4 Å². The van der Waals surface area contributed by atoms with Gasteiger partial charge in [0.2, 0.25) is 0 Å². The van der Waals surface area contributed by atoms with E-state index in [-0.39, 0.29) is 13.0 Å². The molecule has 1 N–H and O–H groups in total. The number of amides is 2. The molecule has 2 atom stereocenters. The lowest BCUT2D eigenvalue weighted by atomic mass is 10.1. The van der Waals surface area contributed by atoms with Gasteiger partial charge in [0.25, 0.3) is 0 Å². The van der Waals surface area contributed by atoms with Gasteiger partial charge >= 0.3 is 18.2 Å². The van der Waals surface area contributed by atoms with Crippen molar-refractivity contribution in [2.24, 2.45) is 0 Å². The SMILES string of the molecule is CC(C)(C)OC(=O)N1CC(OC(=O)N2Cc3cccc(Cl)c3C2)CC1C(=O)O. The molecule has 0 radical (unpaired) electrons. The highest BCUT2D eigenvalue weighted by Crippen LogP contribution is 2.30. The zero-order valence-corrected chi connectivity index (χ0v) is 16.7. The highest BCUT2D eigenvalue weighted by atomic mass is 35.5. The molecule has 0 aromatic heterocycles. The summed E-state index contributed by atoms with van der Waals surface area (Å²) in [5.41, 5.74) is 1.08. The molecular weight excluding hydrogens is 388 g/mol. The van der Waals surface area contributed by atoms with Gasteiger partial charge in [0.05, 0.1) is 13.1 Å². The van der Waals surface area contributed by atoms with Gasteiger partial charge in [-0.25, -0.2) is 14.4 Å². The highest BCUT2D eigenvalue weighted by molar-refractivity contribution is 6.31. The first-order chi connectivity index (χ1) is 13.0. The van der Waals surface area contributed by atoms with Crippen molar-refractivity contribution in [2.75, 3.05) is 6.54 Å². The van der Waals surface area contributed by atoms with E-state index in [9.17, 15) is 19.5 Å². The Bertz CT molecular complexity index is 806. The van der Waals surface area contributed by atoms with Gasteiger partial charge in [0.1, 0.15) is 17.7 Å². The lowest BCUT2D eigenvalue weighted by molar-refractivity contribution is -0.142. The Morgan fingerprint density at radius 1 is 1.18 bits per heavy atom. The fourth-order valence-electron chi connectivity index (χ4n) is 3.37. The molecule has 2 amide bonds. The number of carboxylic acid groups (broad SMARTS) is 1. The van der Waals surface area contributed by atoms with Gasteiger partial charge in [0, 0.05) is 18.0 Å². The number of rotatable bonds is 2. The molecule has 9 heteroatoms. The minimum atomic E-state index is -1.16. The molecule has 8 nitrogen and oxygen atoms in total. The second-order valence-corrected chi connectivity index (χ2v) is 8.37. The summed E-state index contributed by atoms with van der Waals surface area (Å²) in [4.78, 5) is 39.0. The number of aliphatic carboxylic acids is 1. The fraction of sp³-hybridized carbons (Fsp3) is 0.526. The summed E-state index contributed by atoms with van der Waals surface area (Å²) in [6, 6.07) is 4.39. The van der Waals surface area contributed by atoms with Crippen molar-refractivity contribution in [1.29, 1.82) is 0 Å². The van der Waals surface area contributed by atoms with Crippen molar-refractivity contribution >= 4 is 29.8 Å². The van der Waals surface area contributed by atoms with Crippen molar-refractivity contribution in [1.82, 2.24) is 9.80 Å². The molecule has 2 aliphatic rings. The molecule has 1 saturated heterocycles. The lowest BCUT2D eigenvalue weighted by Gasteiger charge is -2.26. The van der Waals surface area contributed by atoms with Crippen LogP contribution in [0.2, 0.25) is 5.02 Å². The van der Waals surface area contributed by atoms with Crippen molar-refractivity contribution < 1.29 is 29.0 Å². The van der Waals surface area contributed by atoms with Crippen LogP contribution >= 0.6 is 11.6 Å². The van der Waals surface area contributed by atoms with Crippen LogP contribution < -0.4 is 0 Å². The number of carbonyl (C=O) groups excluding carboxylic acids is 2. The van der Waals surface area contributed by atoms with E-state index in [1.165, 1.54) is 4.90 Å². The normalized spacial score (nSPS) is 21.4. The van der Waals surface area contributed by atoms with Crippen LogP contribution in [0.25, 0.3) is 0 Å². The third kappa shape index (κ3) is 4.32. The molecule has 2 unspecified atom stereocenters. The van der Waals surface area contributed by atoms with Crippen LogP contribution in [0.15, 0.2) is 18.2 Å². The van der Waals surface area contributed by atoms with E-state index in [1.54, 1.807) is 26.8 Å². The minimum Gasteiger partial charge on any atom is -0.480 e. The zero-order chi connectivity index (χ0) is 20.6. The van der Waals surface area contributed by atoms with Crippen molar-refractivity contribution in [3.05, 3.63) is 34.3 Å². The van der Waals surface area contributed by atoms with Gasteiger partial charge in [-0.3, -0.25) is 9.80 Å². The molecule has 2 aliphatic heterocycles. The number of fused-ring (bicyclic) bond motifs is 1. The maximum Gasteiger partial charge on any atom is 0.411 e. The quantitative estimate of drug-likeness (QED) is 0.803. The first-order valence-electron chi connectivity index (χ1n) is 8.99. The summed E-state index contributed by atoms with van der Waals surface area (Å²) in [7, 11) is 0. The summed E-state index contributed by atoms with van der Waals surface area (Å²) in [6.07, 6.45) is -2.01. The smallest absolute Gasteiger partial charge is 0.411 e. The number of ether oxygens (including phenoxy) is 2. The standard InChI is InChI=1S/C19H23ClN2O6/c1-19(2,3)28-18(26)22-9-12(7-15(22)16(23)24)27-17(25)21-8-11-5-4-6-14(20)13(11)10-21/h4-6,12,15H,7-10H2,1-3H3,(H,23,24). The van der Waals surface area contributed by atoms with Crippen LogP contribution in [-0.4, -0.2) is 57.4 Å². The Labute approximate surface area is 167 Å². The van der Waals surface area contributed by atoms with Crippen LogP contribution in [0.3, 0.4) is 0 Å². The van der Waals surface area contributed by atoms with Crippen LogP contribution in [0, 0.1) is 0 Å². The Hall–Kier alpha value is -2.48. The molecule has 28 heavy (non-hydrogen) atoms. The van der Waals surface area contributed by atoms with Gasteiger partial charge in [-0.05, 0) is 38.0 Å². The van der Waals surface area contributed by atoms with E-state index < -0.39 is 35.9 Å². The maximum absolute atomic E-state index is 12.5. The second-order valence-electron chi connectivity index (χ2n) is 7.96. The van der Waals surface area contributed by atoms with Crippen LogP contribution in [0.5, 0.6) is 0 Å². The fourth-order valence-corrected chi connectivity index (χ4v) is 3.62. The highest BCUT2D eigenvalue weighted by Gasteiger charge is 2.43. The van der Waals surface area contributed by atoms with E-state index in [0.717, 1.165) is 16.0 Å². The van der Waals surface area contributed by atoms with Gasteiger partial charge in [-0.2, -0.15) is 0 Å². The first kappa shape index (κ1) is 20.3. The maximum atomic E-state index is 12.5. The Morgan fingerprint density at radius 3 is 2.50 bits per heavy atom. The average molecular weight is 411 g/mol. The number of halogens is 1. The summed E-state index contributed by atoms with van der Waals surface area (Å²) in [5.74, 6) is -1.16. The predicted octanol–water partition coefficient (Wildman–Crippen LogP) is 3.25. The Morgan fingerprint density at radius 2 is 1.89 bits per heavy atom. The van der Waals surface area contributed by atoms with Crippen LogP contribution in [-0.2, 0) is 27.4 Å². The number of carbonyl (C=O) groups is 3. The lowest BCUT2D eigenvalue weighted by Crippen LogP contribution is -2.43. The molecule has 0 bridgehead atoms. The number of likely N-dealkylation sites (tertiary alicyclic amines) is 1. The van der Waals surface area contributed by atoms with Crippen molar-refractivity contribution in [2.45, 2.75) is 58.0 Å². The molecule has 0 aliphatic carbocycles. The number of hydrogen-bond acceptors (Lipinski definition) is 5. The van der Waals surface area contributed by atoms with E-state index in [4.69, 9.17) is 21.1 Å².